The fourth-order valence-electron chi connectivity index (χ4n) is 6.25. The molecule has 0 aromatic heterocycles. The fraction of sp³-hybridized carbons (Fsp3) is 0.647. The highest BCUT2D eigenvalue weighted by Crippen LogP contribution is 2.43. The molecule has 0 amide bonds. The summed E-state index contributed by atoms with van der Waals surface area (Å²) in [5.41, 5.74) is 5.89. The molecule has 214 valence electrons. The highest BCUT2D eigenvalue weighted by atomic mass is 16.5. The van der Waals surface area contributed by atoms with E-state index in [1.54, 1.807) is 0 Å². The summed E-state index contributed by atoms with van der Waals surface area (Å²) in [6, 6.07) is 8.20. The first-order valence-electron chi connectivity index (χ1n) is 14.0. The van der Waals surface area contributed by atoms with Gasteiger partial charge in [0.2, 0.25) is 0 Å². The molecular weight excluding hydrogens is 472 g/mol. The van der Waals surface area contributed by atoms with E-state index in [4.69, 9.17) is 9.47 Å². The monoisotopic (exact) mass is 526 g/mol. The SMILES string of the molecule is Cc1cc(COCCOCc2cc(C)c(O)c(C(C)(C)CC(C)(C)C)c2)cc(C(C)(C)CC(C)(C)C)c1O. The molecule has 0 radical (unpaired) electrons. The number of aromatic hydroxyl groups is 2. The van der Waals surface area contributed by atoms with E-state index in [-0.39, 0.29) is 21.7 Å². The third kappa shape index (κ3) is 9.31. The van der Waals surface area contributed by atoms with Gasteiger partial charge in [-0.3, -0.25) is 0 Å². The molecule has 0 saturated carbocycles. The Morgan fingerprint density at radius 1 is 0.553 bits per heavy atom. The van der Waals surface area contributed by atoms with E-state index in [2.05, 4.69) is 81.4 Å². The van der Waals surface area contributed by atoms with Gasteiger partial charge >= 0.3 is 0 Å². The Kier molecular flexibility index (Phi) is 10.2. The zero-order chi connectivity index (χ0) is 29.1. The molecule has 38 heavy (non-hydrogen) atoms. The molecule has 2 aromatic rings. The van der Waals surface area contributed by atoms with Gasteiger partial charge in [0.1, 0.15) is 11.5 Å². The van der Waals surface area contributed by atoms with Crippen molar-refractivity contribution < 1.29 is 19.7 Å². The highest BCUT2D eigenvalue weighted by molar-refractivity contribution is 5.47. The van der Waals surface area contributed by atoms with Crippen LogP contribution >= 0.6 is 0 Å². The van der Waals surface area contributed by atoms with Crippen molar-refractivity contribution in [2.75, 3.05) is 13.2 Å². The molecule has 0 aliphatic heterocycles. The highest BCUT2D eigenvalue weighted by Gasteiger charge is 2.31. The van der Waals surface area contributed by atoms with Gasteiger partial charge in [-0.1, -0.05) is 81.4 Å². The molecule has 2 rings (SSSR count). The molecule has 0 heterocycles. The van der Waals surface area contributed by atoms with Crippen LogP contribution in [-0.2, 0) is 33.5 Å². The second-order valence-electron chi connectivity index (χ2n) is 15.0. The first-order chi connectivity index (χ1) is 17.2. The Morgan fingerprint density at radius 3 is 1.16 bits per heavy atom. The molecule has 0 bridgehead atoms. The van der Waals surface area contributed by atoms with Crippen LogP contribution in [0.15, 0.2) is 24.3 Å². The van der Waals surface area contributed by atoms with Crippen LogP contribution in [0.3, 0.4) is 0 Å². The predicted molar refractivity (Wildman–Crippen MR) is 159 cm³/mol. The van der Waals surface area contributed by atoms with Crippen LogP contribution in [0, 0.1) is 24.7 Å². The second-order valence-corrected chi connectivity index (χ2v) is 15.0. The molecule has 2 N–H and O–H groups in total. The van der Waals surface area contributed by atoms with Crippen LogP contribution in [-0.4, -0.2) is 23.4 Å². The maximum absolute atomic E-state index is 10.8. The van der Waals surface area contributed by atoms with E-state index in [1.807, 2.05) is 26.0 Å². The molecular formula is C34H54O4. The number of ether oxygens (including phenoxy) is 2. The van der Waals surface area contributed by atoms with Crippen molar-refractivity contribution >= 4 is 0 Å². The van der Waals surface area contributed by atoms with Gasteiger partial charge in [0, 0.05) is 11.1 Å². The lowest BCUT2D eigenvalue weighted by Gasteiger charge is -2.34. The topological polar surface area (TPSA) is 58.9 Å². The molecule has 0 aliphatic rings. The van der Waals surface area contributed by atoms with E-state index >= 15 is 0 Å². The van der Waals surface area contributed by atoms with Gasteiger partial charge in [0.15, 0.2) is 0 Å². The average molecular weight is 527 g/mol. The summed E-state index contributed by atoms with van der Waals surface area (Å²) >= 11 is 0. The maximum Gasteiger partial charge on any atom is 0.122 e. The zero-order valence-electron chi connectivity index (χ0n) is 26.3. The van der Waals surface area contributed by atoms with Gasteiger partial charge in [0.05, 0.1) is 26.4 Å². The average Bonchev–Trinajstić information content (AvgIpc) is 2.71. The van der Waals surface area contributed by atoms with Gasteiger partial charge in [-0.2, -0.15) is 0 Å². The van der Waals surface area contributed by atoms with Crippen molar-refractivity contribution in [3.63, 3.8) is 0 Å². The summed E-state index contributed by atoms with van der Waals surface area (Å²) in [5.74, 6) is 0.779. The minimum atomic E-state index is -0.144. The van der Waals surface area contributed by atoms with Gasteiger partial charge in [-0.15, -0.1) is 0 Å². The van der Waals surface area contributed by atoms with Crippen LogP contribution in [0.25, 0.3) is 0 Å². The van der Waals surface area contributed by atoms with Crippen LogP contribution < -0.4 is 0 Å². The Bertz CT molecular complexity index is 994. The molecule has 4 heteroatoms. The molecule has 0 aliphatic carbocycles. The second kappa shape index (κ2) is 12.0. The van der Waals surface area contributed by atoms with E-state index in [0.717, 1.165) is 46.2 Å². The third-order valence-electron chi connectivity index (χ3n) is 7.03. The number of aryl methyl sites for hydroxylation is 2. The van der Waals surface area contributed by atoms with Crippen molar-refractivity contribution in [3.8, 4) is 11.5 Å². The summed E-state index contributed by atoms with van der Waals surface area (Å²) in [6.45, 7) is 28.0. The lowest BCUT2D eigenvalue weighted by molar-refractivity contribution is 0.0337. The van der Waals surface area contributed by atoms with E-state index in [0.29, 0.717) is 37.9 Å². The Hall–Kier alpha value is -2.04. The molecule has 2 aromatic carbocycles. The van der Waals surface area contributed by atoms with Gasteiger partial charge in [-0.25, -0.2) is 0 Å². The van der Waals surface area contributed by atoms with Crippen molar-refractivity contribution in [3.05, 3.63) is 57.6 Å². The summed E-state index contributed by atoms with van der Waals surface area (Å²) in [7, 11) is 0. The molecule has 0 atom stereocenters. The van der Waals surface area contributed by atoms with Crippen molar-refractivity contribution in [1.82, 2.24) is 0 Å². The molecule has 0 saturated heterocycles. The third-order valence-corrected chi connectivity index (χ3v) is 7.03. The standard InChI is InChI=1S/C34H54O4/c1-23-15-25(17-27(29(23)35)33(9,10)21-31(3,4)5)19-37-13-14-38-20-26-16-24(2)30(36)28(18-26)34(11,12)22-32(6,7)8/h15-18,35-36H,13-14,19-22H2,1-12H3. The first kappa shape index (κ1) is 32.2. The first-order valence-corrected chi connectivity index (χ1v) is 14.0. The number of hydrogen-bond donors (Lipinski definition) is 2. The fourth-order valence-corrected chi connectivity index (χ4v) is 6.25. The number of phenols is 2. The maximum atomic E-state index is 10.8. The quantitative estimate of drug-likeness (QED) is 0.287. The number of rotatable bonds is 11. The zero-order valence-corrected chi connectivity index (χ0v) is 26.3. The minimum absolute atomic E-state index is 0.144. The molecule has 0 unspecified atom stereocenters. The number of phenolic OH excluding ortho intramolecular Hbond substituents is 2. The van der Waals surface area contributed by atoms with Gasteiger partial charge in [-0.05, 0) is 82.7 Å². The summed E-state index contributed by atoms with van der Waals surface area (Å²) < 4.78 is 11.9. The normalized spacial score (nSPS) is 13.3. The number of hydrogen-bond acceptors (Lipinski definition) is 4. The molecule has 0 spiro atoms. The van der Waals surface area contributed by atoms with Gasteiger partial charge in [0.25, 0.3) is 0 Å². The molecule has 0 fully saturated rings. The van der Waals surface area contributed by atoms with Gasteiger partial charge < -0.3 is 19.7 Å². The van der Waals surface area contributed by atoms with E-state index in [1.165, 1.54) is 0 Å². The lowest BCUT2D eigenvalue weighted by atomic mass is 9.71. The van der Waals surface area contributed by atoms with Crippen LogP contribution in [0.1, 0.15) is 115 Å². The largest absolute Gasteiger partial charge is 0.507 e. The van der Waals surface area contributed by atoms with Crippen molar-refractivity contribution in [2.45, 2.75) is 120 Å². The Balaban J connectivity index is 1.98. The van der Waals surface area contributed by atoms with Crippen molar-refractivity contribution in [1.29, 1.82) is 0 Å². The lowest BCUT2D eigenvalue weighted by Crippen LogP contribution is -2.25. The summed E-state index contributed by atoms with van der Waals surface area (Å²) in [4.78, 5) is 0. The minimum Gasteiger partial charge on any atom is -0.507 e. The van der Waals surface area contributed by atoms with E-state index in [9.17, 15) is 10.2 Å². The van der Waals surface area contributed by atoms with Crippen LogP contribution in [0.5, 0.6) is 11.5 Å². The van der Waals surface area contributed by atoms with E-state index < -0.39 is 0 Å². The smallest absolute Gasteiger partial charge is 0.122 e. The predicted octanol–water partition coefficient (Wildman–Crippen LogP) is 8.88. The van der Waals surface area contributed by atoms with Crippen LogP contribution in [0.4, 0.5) is 0 Å². The number of benzene rings is 2. The Morgan fingerprint density at radius 2 is 0.868 bits per heavy atom. The summed E-state index contributed by atoms with van der Waals surface area (Å²) in [5, 5.41) is 21.6. The molecule has 4 nitrogen and oxygen atoms in total. The Labute approximate surface area is 232 Å². The summed E-state index contributed by atoms with van der Waals surface area (Å²) in [6.07, 6.45) is 1.94. The van der Waals surface area contributed by atoms with Crippen LogP contribution in [0.2, 0.25) is 0 Å². The van der Waals surface area contributed by atoms with Crippen molar-refractivity contribution in [2.24, 2.45) is 10.8 Å².